The highest BCUT2D eigenvalue weighted by molar-refractivity contribution is 9.10. The van der Waals surface area contributed by atoms with Crippen molar-refractivity contribution in [3.05, 3.63) is 55.4 Å². The molecule has 1 heterocycles. The van der Waals surface area contributed by atoms with Gasteiger partial charge in [-0.15, -0.1) is 11.3 Å². The number of hydrogen-bond acceptors (Lipinski definition) is 2. The van der Waals surface area contributed by atoms with Crippen LogP contribution in [0.4, 0.5) is 4.39 Å². The minimum absolute atomic E-state index is 0.0319. The lowest BCUT2D eigenvalue weighted by Gasteiger charge is -2.15. The summed E-state index contributed by atoms with van der Waals surface area (Å²) < 4.78 is 14.4. The Morgan fingerprint density at radius 3 is 2.65 bits per heavy atom. The van der Waals surface area contributed by atoms with Crippen LogP contribution in [0, 0.1) is 5.82 Å². The molecule has 0 aliphatic carbocycles. The molecule has 0 spiro atoms. The molecule has 1 N–H and O–H groups in total. The summed E-state index contributed by atoms with van der Waals surface area (Å²) in [6.07, 6.45) is 0. The van der Waals surface area contributed by atoms with Crippen LogP contribution in [0.3, 0.4) is 0 Å². The van der Waals surface area contributed by atoms with E-state index in [9.17, 15) is 4.39 Å². The van der Waals surface area contributed by atoms with Gasteiger partial charge >= 0.3 is 0 Å². The normalized spacial score (nSPS) is 12.7. The third-order valence-corrected chi connectivity index (χ3v) is 4.35. The molecule has 1 aromatic heterocycles. The molecule has 17 heavy (non-hydrogen) atoms. The Morgan fingerprint density at radius 2 is 2.12 bits per heavy atom. The van der Waals surface area contributed by atoms with Crippen LogP contribution in [-0.4, -0.2) is 7.05 Å². The molecule has 0 bridgehead atoms. The summed E-state index contributed by atoms with van der Waals surface area (Å²) in [5.41, 5.74) is 0.999. The van der Waals surface area contributed by atoms with Gasteiger partial charge in [0, 0.05) is 4.88 Å². The van der Waals surface area contributed by atoms with Gasteiger partial charge in [-0.3, -0.25) is 0 Å². The van der Waals surface area contributed by atoms with Crippen molar-refractivity contribution in [3.8, 4) is 0 Å². The number of nitrogens with one attached hydrogen (secondary N) is 1. The minimum atomic E-state index is -0.257. The second-order valence-corrected chi connectivity index (χ2v) is 6.14. The Hall–Kier alpha value is -0.420. The molecule has 0 amide bonds. The zero-order chi connectivity index (χ0) is 12.4. The maximum absolute atomic E-state index is 13.2. The smallest absolute Gasteiger partial charge is 0.137 e. The molecule has 0 saturated heterocycles. The van der Waals surface area contributed by atoms with Crippen molar-refractivity contribution in [1.82, 2.24) is 5.32 Å². The first-order valence-corrected chi connectivity index (χ1v) is 6.98. The van der Waals surface area contributed by atoms with Gasteiger partial charge in [0.05, 0.1) is 14.9 Å². The van der Waals surface area contributed by atoms with Crippen LogP contribution in [0.15, 0.2) is 34.8 Å². The van der Waals surface area contributed by atoms with Crippen LogP contribution in [0.25, 0.3) is 0 Å². The fraction of sp³-hybridized carbons (Fsp3) is 0.167. The molecule has 90 valence electrons. The highest BCUT2D eigenvalue weighted by atomic mass is 79.9. The third-order valence-electron chi connectivity index (χ3n) is 2.44. The molecule has 1 nitrogen and oxygen atoms in total. The van der Waals surface area contributed by atoms with E-state index in [0.717, 1.165) is 14.8 Å². The second kappa shape index (κ2) is 5.48. The van der Waals surface area contributed by atoms with E-state index >= 15 is 0 Å². The lowest BCUT2D eigenvalue weighted by molar-refractivity contribution is 0.617. The summed E-state index contributed by atoms with van der Waals surface area (Å²) in [7, 11) is 1.87. The van der Waals surface area contributed by atoms with Gasteiger partial charge in [-0.2, -0.15) is 0 Å². The van der Waals surface area contributed by atoms with Crippen molar-refractivity contribution in [2.24, 2.45) is 0 Å². The van der Waals surface area contributed by atoms with E-state index in [4.69, 9.17) is 11.6 Å². The molecule has 0 aliphatic rings. The maximum Gasteiger partial charge on any atom is 0.137 e. The summed E-state index contributed by atoms with van der Waals surface area (Å²) in [4.78, 5) is 1.11. The van der Waals surface area contributed by atoms with Crippen molar-refractivity contribution in [1.29, 1.82) is 0 Å². The quantitative estimate of drug-likeness (QED) is 0.864. The largest absolute Gasteiger partial charge is 0.309 e. The van der Waals surface area contributed by atoms with Crippen molar-refractivity contribution in [2.45, 2.75) is 6.04 Å². The molecule has 2 aromatic rings. The Labute approximate surface area is 117 Å². The molecule has 0 aliphatic heterocycles. The van der Waals surface area contributed by atoms with Crippen LogP contribution < -0.4 is 5.32 Å². The molecular formula is C12H10BrClFNS. The number of hydrogen-bond donors (Lipinski definition) is 1. The number of rotatable bonds is 3. The molecule has 1 atom stereocenters. The maximum atomic E-state index is 13.2. The summed E-state index contributed by atoms with van der Waals surface area (Å²) in [6, 6.07) is 8.89. The first kappa shape index (κ1) is 13.0. The van der Waals surface area contributed by atoms with Gasteiger partial charge in [0.25, 0.3) is 0 Å². The lowest BCUT2D eigenvalue weighted by atomic mass is 10.1. The topological polar surface area (TPSA) is 12.0 Å². The van der Waals surface area contributed by atoms with E-state index in [1.54, 1.807) is 12.1 Å². The molecule has 1 aromatic carbocycles. The van der Waals surface area contributed by atoms with Crippen molar-refractivity contribution in [2.75, 3.05) is 7.05 Å². The van der Waals surface area contributed by atoms with Gasteiger partial charge in [0.15, 0.2) is 0 Å². The van der Waals surface area contributed by atoms with Crippen molar-refractivity contribution >= 4 is 38.9 Å². The Morgan fingerprint density at radius 1 is 1.35 bits per heavy atom. The molecule has 5 heteroatoms. The van der Waals surface area contributed by atoms with Crippen molar-refractivity contribution < 1.29 is 4.39 Å². The fourth-order valence-electron chi connectivity index (χ4n) is 1.65. The van der Waals surface area contributed by atoms with E-state index in [2.05, 4.69) is 21.2 Å². The average molecular weight is 335 g/mol. The third kappa shape index (κ3) is 2.88. The minimum Gasteiger partial charge on any atom is -0.309 e. The van der Waals surface area contributed by atoms with Gasteiger partial charge in [0.2, 0.25) is 0 Å². The molecule has 1 unspecified atom stereocenters. The van der Waals surface area contributed by atoms with E-state index < -0.39 is 0 Å². The molecule has 2 rings (SSSR count). The molecule has 0 fully saturated rings. The van der Waals surface area contributed by atoms with Crippen LogP contribution in [0.2, 0.25) is 4.34 Å². The van der Waals surface area contributed by atoms with Crippen LogP contribution in [0.5, 0.6) is 0 Å². The second-order valence-electron chi connectivity index (χ2n) is 3.54. The highest BCUT2D eigenvalue weighted by Gasteiger charge is 2.15. The monoisotopic (exact) mass is 333 g/mol. The average Bonchev–Trinajstić information content (AvgIpc) is 2.71. The van der Waals surface area contributed by atoms with Crippen LogP contribution in [-0.2, 0) is 0 Å². The first-order valence-electron chi connectivity index (χ1n) is 4.99. The summed E-state index contributed by atoms with van der Waals surface area (Å²) in [6.45, 7) is 0. The van der Waals surface area contributed by atoms with Crippen molar-refractivity contribution in [3.63, 3.8) is 0 Å². The van der Waals surface area contributed by atoms with E-state index in [-0.39, 0.29) is 11.9 Å². The van der Waals surface area contributed by atoms with E-state index in [0.29, 0.717) is 4.47 Å². The number of halogens is 3. The summed E-state index contributed by atoms with van der Waals surface area (Å²) in [5.74, 6) is -0.257. The van der Waals surface area contributed by atoms with E-state index in [1.165, 1.54) is 17.4 Å². The van der Waals surface area contributed by atoms with E-state index in [1.807, 2.05) is 19.2 Å². The fourth-order valence-corrected chi connectivity index (χ4v) is 3.24. The number of benzene rings is 1. The van der Waals surface area contributed by atoms with Crippen LogP contribution >= 0.6 is 38.9 Å². The lowest BCUT2D eigenvalue weighted by Crippen LogP contribution is -2.16. The van der Waals surface area contributed by atoms with Gasteiger partial charge < -0.3 is 5.32 Å². The predicted molar refractivity (Wildman–Crippen MR) is 74.3 cm³/mol. The Balaban J connectivity index is 2.38. The molecular weight excluding hydrogens is 325 g/mol. The first-order chi connectivity index (χ1) is 8.11. The predicted octanol–water partition coefficient (Wildman–Crippen LogP) is 4.61. The SMILES string of the molecule is CNC(c1ccc(F)c(Br)c1)c1ccc(Cl)s1. The van der Waals surface area contributed by atoms with Crippen LogP contribution in [0.1, 0.15) is 16.5 Å². The van der Waals surface area contributed by atoms with Gasteiger partial charge in [-0.05, 0) is 52.8 Å². The highest BCUT2D eigenvalue weighted by Crippen LogP contribution is 2.32. The van der Waals surface area contributed by atoms with Gasteiger partial charge in [-0.1, -0.05) is 17.7 Å². The molecule has 0 radical (unpaired) electrons. The number of thiophene rings is 1. The zero-order valence-electron chi connectivity index (χ0n) is 9.01. The van der Waals surface area contributed by atoms with Gasteiger partial charge in [-0.25, -0.2) is 4.39 Å². The zero-order valence-corrected chi connectivity index (χ0v) is 12.2. The summed E-state index contributed by atoms with van der Waals surface area (Å²) >= 11 is 10.6. The Kier molecular flexibility index (Phi) is 4.20. The summed E-state index contributed by atoms with van der Waals surface area (Å²) in [5, 5.41) is 3.20. The molecule has 0 saturated carbocycles. The standard InChI is InChI=1S/C12H10BrClFNS/c1-16-12(10-4-5-11(14)17-10)7-2-3-9(15)8(13)6-7/h2-6,12,16H,1H3. The van der Waals surface area contributed by atoms with Gasteiger partial charge in [0.1, 0.15) is 5.82 Å². The Bertz CT molecular complexity index is 529.